The summed E-state index contributed by atoms with van der Waals surface area (Å²) in [4.78, 5) is 28.1. The minimum Gasteiger partial charge on any atom is -0.486 e. The Balaban J connectivity index is 1.51. The van der Waals surface area contributed by atoms with Crippen LogP contribution in [0, 0.1) is 10.1 Å². The number of rotatable bonds is 3. The van der Waals surface area contributed by atoms with Gasteiger partial charge < -0.3 is 19.3 Å². The van der Waals surface area contributed by atoms with Crippen LogP contribution in [0.1, 0.15) is 36.0 Å². The van der Waals surface area contributed by atoms with Crippen LogP contribution >= 0.6 is 0 Å². The van der Waals surface area contributed by atoms with Crippen LogP contribution in [0.15, 0.2) is 12.1 Å². The minimum absolute atomic E-state index is 0.0823. The largest absolute Gasteiger partial charge is 0.486 e. The normalized spacial score (nSPS) is 21.0. The highest BCUT2D eigenvalue weighted by atomic mass is 16.6. The second-order valence-electron chi connectivity index (χ2n) is 7.04. The first kappa shape index (κ1) is 17.1. The first-order chi connectivity index (χ1) is 12.6. The number of nitrogens with zero attached hydrogens (tertiary/aromatic N) is 3. The predicted octanol–water partition coefficient (Wildman–Crippen LogP) is 2.07. The SMILES string of the molecule is O=C(c1cc2c(cc1[N+](=O)[O-])OCCO2)N1CCC(N2CCCC2)CC1. The summed E-state index contributed by atoms with van der Waals surface area (Å²) in [6.45, 7) is 4.27. The Kier molecular flexibility index (Phi) is 4.67. The van der Waals surface area contributed by atoms with Crippen LogP contribution in [0.25, 0.3) is 0 Å². The van der Waals surface area contributed by atoms with Crippen molar-refractivity contribution in [3.63, 3.8) is 0 Å². The quantitative estimate of drug-likeness (QED) is 0.605. The van der Waals surface area contributed by atoms with Gasteiger partial charge in [0.1, 0.15) is 18.8 Å². The van der Waals surface area contributed by atoms with Gasteiger partial charge in [0, 0.05) is 25.2 Å². The molecule has 0 N–H and O–H groups in total. The molecule has 3 aliphatic rings. The van der Waals surface area contributed by atoms with E-state index >= 15 is 0 Å². The van der Waals surface area contributed by atoms with Crippen LogP contribution < -0.4 is 9.47 Å². The molecule has 8 nitrogen and oxygen atoms in total. The number of hydrogen-bond acceptors (Lipinski definition) is 6. The topological polar surface area (TPSA) is 85.1 Å². The Morgan fingerprint density at radius 3 is 2.27 bits per heavy atom. The summed E-state index contributed by atoms with van der Waals surface area (Å²) in [5.74, 6) is 0.429. The van der Waals surface area contributed by atoms with E-state index in [1.807, 2.05) is 0 Å². The average Bonchev–Trinajstić information content (AvgIpc) is 3.21. The van der Waals surface area contributed by atoms with Crippen LogP contribution in [0.2, 0.25) is 0 Å². The van der Waals surface area contributed by atoms with Crippen LogP contribution in [0.5, 0.6) is 11.5 Å². The number of nitro groups is 1. The van der Waals surface area contributed by atoms with Gasteiger partial charge in [-0.25, -0.2) is 0 Å². The van der Waals surface area contributed by atoms with Gasteiger partial charge in [-0.3, -0.25) is 14.9 Å². The average molecular weight is 361 g/mol. The number of nitro benzene ring substituents is 1. The van der Waals surface area contributed by atoms with Gasteiger partial charge in [-0.15, -0.1) is 0 Å². The molecule has 1 aromatic carbocycles. The standard InChI is InChI=1S/C18H23N3O5/c22-18(20-7-3-13(4-8-20)19-5-1-2-6-19)14-11-16-17(26-10-9-25-16)12-15(14)21(23)24/h11-13H,1-10H2. The molecule has 3 heterocycles. The molecular formula is C18H23N3O5. The summed E-state index contributed by atoms with van der Waals surface area (Å²) < 4.78 is 10.9. The summed E-state index contributed by atoms with van der Waals surface area (Å²) in [6.07, 6.45) is 4.35. The molecule has 1 aromatic rings. The maximum absolute atomic E-state index is 13.0. The van der Waals surface area contributed by atoms with Gasteiger partial charge in [-0.05, 0) is 38.8 Å². The van der Waals surface area contributed by atoms with E-state index in [1.165, 1.54) is 25.0 Å². The lowest BCUT2D eigenvalue weighted by Gasteiger charge is -2.36. The fourth-order valence-electron chi connectivity index (χ4n) is 4.11. The minimum atomic E-state index is -0.525. The molecule has 26 heavy (non-hydrogen) atoms. The number of hydrogen-bond donors (Lipinski definition) is 0. The number of benzene rings is 1. The summed E-state index contributed by atoms with van der Waals surface area (Å²) in [6, 6.07) is 3.29. The number of ether oxygens (including phenoxy) is 2. The monoisotopic (exact) mass is 361 g/mol. The third kappa shape index (κ3) is 3.21. The Labute approximate surface area is 151 Å². The van der Waals surface area contributed by atoms with Gasteiger partial charge in [0.05, 0.1) is 11.0 Å². The van der Waals surface area contributed by atoms with Crippen molar-refractivity contribution in [3.8, 4) is 11.5 Å². The maximum Gasteiger partial charge on any atom is 0.286 e. The zero-order chi connectivity index (χ0) is 18.1. The van der Waals surface area contributed by atoms with Crippen molar-refractivity contribution in [1.29, 1.82) is 0 Å². The first-order valence-electron chi connectivity index (χ1n) is 9.25. The van der Waals surface area contributed by atoms with Crippen LogP contribution in [-0.2, 0) is 0 Å². The lowest BCUT2D eigenvalue weighted by molar-refractivity contribution is -0.385. The van der Waals surface area contributed by atoms with Gasteiger partial charge in [0.25, 0.3) is 11.6 Å². The molecule has 0 radical (unpaired) electrons. The van der Waals surface area contributed by atoms with E-state index in [2.05, 4.69) is 4.90 Å². The zero-order valence-electron chi connectivity index (χ0n) is 14.7. The third-order valence-corrected chi connectivity index (χ3v) is 5.50. The van der Waals surface area contributed by atoms with E-state index in [0.717, 1.165) is 25.9 Å². The third-order valence-electron chi connectivity index (χ3n) is 5.50. The molecule has 0 atom stereocenters. The van der Waals surface area contributed by atoms with E-state index in [1.54, 1.807) is 4.90 Å². The number of carbonyl (C=O) groups excluding carboxylic acids is 1. The van der Waals surface area contributed by atoms with E-state index in [4.69, 9.17) is 9.47 Å². The molecule has 3 aliphatic heterocycles. The molecule has 8 heteroatoms. The lowest BCUT2D eigenvalue weighted by atomic mass is 10.0. The number of fused-ring (bicyclic) bond motifs is 1. The Morgan fingerprint density at radius 1 is 1.04 bits per heavy atom. The number of likely N-dealkylation sites (tertiary alicyclic amines) is 2. The van der Waals surface area contributed by atoms with E-state index < -0.39 is 4.92 Å². The first-order valence-corrected chi connectivity index (χ1v) is 9.25. The molecule has 2 saturated heterocycles. The van der Waals surface area contributed by atoms with E-state index in [9.17, 15) is 14.9 Å². The van der Waals surface area contributed by atoms with Crippen LogP contribution in [0.3, 0.4) is 0 Å². The van der Waals surface area contributed by atoms with Gasteiger partial charge in [0.15, 0.2) is 11.5 Å². The second-order valence-corrected chi connectivity index (χ2v) is 7.04. The molecule has 0 bridgehead atoms. The summed E-state index contributed by atoms with van der Waals surface area (Å²) in [5.41, 5.74) is -0.139. The van der Waals surface area contributed by atoms with Crippen molar-refractivity contribution in [2.24, 2.45) is 0 Å². The molecule has 2 fully saturated rings. The molecule has 0 saturated carbocycles. The van der Waals surface area contributed by atoms with Crippen molar-refractivity contribution in [1.82, 2.24) is 9.80 Å². The summed E-state index contributed by atoms with van der Waals surface area (Å²) >= 11 is 0. The summed E-state index contributed by atoms with van der Waals surface area (Å²) in [7, 11) is 0. The van der Waals surface area contributed by atoms with Gasteiger partial charge in [-0.1, -0.05) is 0 Å². The fourth-order valence-corrected chi connectivity index (χ4v) is 4.11. The van der Waals surface area contributed by atoms with Crippen molar-refractivity contribution in [2.75, 3.05) is 39.4 Å². The number of carbonyl (C=O) groups is 1. The zero-order valence-corrected chi connectivity index (χ0v) is 14.7. The molecule has 0 spiro atoms. The van der Waals surface area contributed by atoms with Crippen LogP contribution in [0.4, 0.5) is 5.69 Å². The van der Waals surface area contributed by atoms with Gasteiger partial charge >= 0.3 is 0 Å². The fraction of sp³-hybridized carbons (Fsp3) is 0.611. The number of amides is 1. The van der Waals surface area contributed by atoms with E-state index in [0.29, 0.717) is 43.8 Å². The Hall–Kier alpha value is -2.35. The van der Waals surface area contributed by atoms with Crippen molar-refractivity contribution < 1.29 is 19.2 Å². The molecular weight excluding hydrogens is 338 g/mol. The van der Waals surface area contributed by atoms with Gasteiger partial charge in [-0.2, -0.15) is 0 Å². The second kappa shape index (κ2) is 7.11. The Morgan fingerprint density at radius 2 is 1.65 bits per heavy atom. The smallest absolute Gasteiger partial charge is 0.286 e. The summed E-state index contributed by atoms with van der Waals surface area (Å²) in [5, 5.41) is 11.5. The Bertz CT molecular complexity index is 709. The highest BCUT2D eigenvalue weighted by Crippen LogP contribution is 2.37. The highest BCUT2D eigenvalue weighted by Gasteiger charge is 2.33. The van der Waals surface area contributed by atoms with Gasteiger partial charge in [0.2, 0.25) is 0 Å². The van der Waals surface area contributed by atoms with E-state index in [-0.39, 0.29) is 17.2 Å². The molecule has 0 aromatic heterocycles. The lowest BCUT2D eigenvalue weighted by Crippen LogP contribution is -2.46. The molecule has 0 unspecified atom stereocenters. The van der Waals surface area contributed by atoms with Crippen molar-refractivity contribution in [2.45, 2.75) is 31.7 Å². The van der Waals surface area contributed by atoms with Crippen molar-refractivity contribution >= 4 is 11.6 Å². The molecule has 4 rings (SSSR count). The highest BCUT2D eigenvalue weighted by molar-refractivity contribution is 5.99. The predicted molar refractivity (Wildman–Crippen MR) is 93.8 cm³/mol. The molecule has 1 amide bonds. The molecule has 0 aliphatic carbocycles. The molecule has 140 valence electrons. The maximum atomic E-state index is 13.0. The van der Waals surface area contributed by atoms with Crippen LogP contribution in [-0.4, -0.2) is 66.1 Å². The number of piperidine rings is 1. The van der Waals surface area contributed by atoms with Crippen molar-refractivity contribution in [3.05, 3.63) is 27.8 Å².